The molecule has 2 N–H and O–H groups in total. The Labute approximate surface area is 167 Å². The Kier molecular flexibility index (Phi) is 5.88. The number of hydrogen-bond acceptors (Lipinski definition) is 6. The van der Waals surface area contributed by atoms with Crippen molar-refractivity contribution in [2.75, 3.05) is 19.6 Å². The highest BCUT2D eigenvalue weighted by Crippen LogP contribution is 2.37. The van der Waals surface area contributed by atoms with Gasteiger partial charge in [-0.1, -0.05) is 18.2 Å². The molecule has 1 aliphatic rings. The van der Waals surface area contributed by atoms with Crippen LogP contribution in [-0.2, 0) is 15.9 Å². The number of hydrogen-bond donors (Lipinski definition) is 2. The van der Waals surface area contributed by atoms with Crippen LogP contribution in [0.4, 0.5) is 5.69 Å². The molecule has 1 saturated heterocycles. The van der Waals surface area contributed by atoms with E-state index >= 15 is 0 Å². The van der Waals surface area contributed by atoms with Crippen LogP contribution in [-0.4, -0.2) is 32.5 Å². The molecule has 1 fully saturated rings. The van der Waals surface area contributed by atoms with Crippen molar-refractivity contribution < 1.29 is 18.8 Å². The molecule has 1 aliphatic heterocycles. The maximum Gasteiger partial charge on any atom is 0.495 e. The van der Waals surface area contributed by atoms with E-state index < -0.39 is 18.3 Å². The van der Waals surface area contributed by atoms with E-state index in [0.29, 0.717) is 18.0 Å². The zero-order chi connectivity index (χ0) is 20.4. The lowest BCUT2D eigenvalue weighted by Gasteiger charge is -2.32. The van der Waals surface area contributed by atoms with Gasteiger partial charge in [-0.3, -0.25) is 0 Å². The zero-order valence-electron chi connectivity index (χ0n) is 17.5. The van der Waals surface area contributed by atoms with Gasteiger partial charge in [-0.25, -0.2) is 5.43 Å². The van der Waals surface area contributed by atoms with E-state index in [-0.39, 0.29) is 0 Å². The maximum absolute atomic E-state index is 6.27. The smallest absolute Gasteiger partial charge is 0.495 e. The summed E-state index contributed by atoms with van der Waals surface area (Å²) in [6, 6.07) is 13.7. The van der Waals surface area contributed by atoms with Crippen molar-refractivity contribution in [1.29, 1.82) is 0 Å². The second kappa shape index (κ2) is 8.03. The van der Waals surface area contributed by atoms with Gasteiger partial charge in [-0.05, 0) is 51.4 Å². The van der Waals surface area contributed by atoms with E-state index in [1.165, 1.54) is 0 Å². The fraction of sp³-hybridized carbons (Fsp3) is 0.429. The van der Waals surface area contributed by atoms with Gasteiger partial charge < -0.3 is 24.2 Å². The maximum atomic E-state index is 6.27. The molecule has 0 amide bonds. The first kappa shape index (κ1) is 20.5. The van der Waals surface area contributed by atoms with Crippen LogP contribution >= 0.6 is 0 Å². The van der Waals surface area contributed by atoms with Crippen molar-refractivity contribution >= 4 is 18.3 Å². The van der Waals surface area contributed by atoms with Gasteiger partial charge >= 0.3 is 7.12 Å². The Hall–Kier alpha value is -2.22. The molecule has 0 spiro atoms. The summed E-state index contributed by atoms with van der Waals surface area (Å²) in [6.07, 6.45) is 0. The number of rotatable bonds is 7. The minimum atomic E-state index is -0.512. The summed E-state index contributed by atoms with van der Waals surface area (Å²) < 4.78 is 23.6. The monoisotopic (exact) mass is 384 g/mol. The predicted molar refractivity (Wildman–Crippen MR) is 112 cm³/mol. The van der Waals surface area contributed by atoms with Gasteiger partial charge in [0.25, 0.3) is 0 Å². The highest BCUT2D eigenvalue weighted by atomic mass is 16.7. The van der Waals surface area contributed by atoms with Gasteiger partial charge in [0.15, 0.2) is 0 Å². The third-order valence-corrected chi connectivity index (χ3v) is 5.45. The highest BCUT2D eigenvalue weighted by Gasteiger charge is 2.52. The second-order valence-corrected chi connectivity index (χ2v) is 7.83. The third-order valence-electron chi connectivity index (χ3n) is 5.45. The second-order valence-electron chi connectivity index (χ2n) is 7.83. The lowest BCUT2D eigenvalue weighted by atomic mass is 9.75. The Morgan fingerprint density at radius 2 is 1.57 bits per heavy atom. The zero-order valence-corrected chi connectivity index (χ0v) is 17.5. The molecule has 28 heavy (non-hydrogen) atoms. The van der Waals surface area contributed by atoms with Crippen molar-refractivity contribution in [3.8, 4) is 11.5 Å². The molecule has 0 aromatic heterocycles. The van der Waals surface area contributed by atoms with Gasteiger partial charge in [0, 0.05) is 23.9 Å². The molecular weight excluding hydrogens is 355 g/mol. The fourth-order valence-electron chi connectivity index (χ4n) is 3.07. The largest absolute Gasteiger partial charge is 0.497 e. The van der Waals surface area contributed by atoms with Gasteiger partial charge in [0.1, 0.15) is 11.5 Å². The predicted octanol–water partition coefficient (Wildman–Crippen LogP) is 3.12. The number of methoxy groups -OCH3 is 2. The van der Waals surface area contributed by atoms with Gasteiger partial charge in [0.2, 0.25) is 0 Å². The van der Waals surface area contributed by atoms with Crippen LogP contribution in [0.5, 0.6) is 11.5 Å². The van der Waals surface area contributed by atoms with E-state index in [4.69, 9.17) is 18.8 Å². The van der Waals surface area contributed by atoms with E-state index in [2.05, 4.69) is 10.9 Å². The first-order valence-corrected chi connectivity index (χ1v) is 9.42. The molecule has 0 unspecified atom stereocenters. The van der Waals surface area contributed by atoms with Crippen LogP contribution in [0.1, 0.15) is 33.3 Å². The Bertz CT molecular complexity index is 796. The van der Waals surface area contributed by atoms with Crippen LogP contribution in [0.3, 0.4) is 0 Å². The van der Waals surface area contributed by atoms with Gasteiger partial charge in [-0.15, -0.1) is 0 Å². The summed E-state index contributed by atoms with van der Waals surface area (Å²) in [5.41, 5.74) is 8.41. The number of ether oxygens (including phenoxy) is 2. The fourth-order valence-corrected chi connectivity index (χ4v) is 3.07. The average Bonchev–Trinajstić information content (AvgIpc) is 2.89. The van der Waals surface area contributed by atoms with Gasteiger partial charge in [0.05, 0.1) is 25.4 Å². The van der Waals surface area contributed by atoms with Crippen molar-refractivity contribution in [2.45, 2.75) is 45.4 Å². The number of para-hydroxylation sites is 1. The summed E-state index contributed by atoms with van der Waals surface area (Å²) in [6.45, 7) is 8.68. The SMILES string of the molecule is COc1cc(OC)c(CNNc2ccccc2)c(B2OC(C)(C)C(C)(C)O2)c1. The number of benzene rings is 2. The summed E-state index contributed by atoms with van der Waals surface area (Å²) >= 11 is 0. The first-order chi connectivity index (χ1) is 13.3. The molecule has 2 aromatic rings. The molecular formula is C21H29BN2O4. The number of hydrazine groups is 1. The Balaban J connectivity index is 1.89. The number of anilines is 1. The van der Waals surface area contributed by atoms with Gasteiger partial charge in [-0.2, -0.15) is 0 Å². The van der Waals surface area contributed by atoms with E-state index in [0.717, 1.165) is 16.7 Å². The first-order valence-electron chi connectivity index (χ1n) is 9.42. The van der Waals surface area contributed by atoms with Crippen molar-refractivity contribution in [1.82, 2.24) is 5.43 Å². The van der Waals surface area contributed by atoms with Crippen molar-refractivity contribution in [3.63, 3.8) is 0 Å². The summed E-state index contributed by atoms with van der Waals surface area (Å²) in [5, 5.41) is 0. The topological polar surface area (TPSA) is 61.0 Å². The minimum Gasteiger partial charge on any atom is -0.497 e. The number of nitrogens with one attached hydrogen (secondary N) is 2. The summed E-state index contributed by atoms with van der Waals surface area (Å²) in [5.74, 6) is 1.41. The normalized spacial score (nSPS) is 17.4. The van der Waals surface area contributed by atoms with E-state index in [1.54, 1.807) is 14.2 Å². The molecule has 150 valence electrons. The van der Waals surface area contributed by atoms with Crippen molar-refractivity contribution in [3.05, 3.63) is 48.0 Å². The average molecular weight is 384 g/mol. The molecule has 1 heterocycles. The summed E-state index contributed by atoms with van der Waals surface area (Å²) in [7, 11) is 2.77. The quantitative estimate of drug-likeness (QED) is 0.565. The van der Waals surface area contributed by atoms with Crippen LogP contribution in [0.2, 0.25) is 0 Å². The standard InChI is InChI=1S/C21H29BN2O4/c1-20(2)21(3,4)28-22(27-20)18-12-16(25-5)13-19(26-6)17(18)14-23-24-15-10-8-7-9-11-15/h7-13,23-24H,14H2,1-6H3. The van der Waals surface area contributed by atoms with Crippen LogP contribution < -0.4 is 25.8 Å². The van der Waals surface area contributed by atoms with E-state index in [1.807, 2.05) is 70.2 Å². The molecule has 0 radical (unpaired) electrons. The van der Waals surface area contributed by atoms with Crippen molar-refractivity contribution in [2.24, 2.45) is 0 Å². The lowest BCUT2D eigenvalue weighted by molar-refractivity contribution is 0.00578. The Morgan fingerprint density at radius 1 is 0.929 bits per heavy atom. The molecule has 0 atom stereocenters. The molecule has 0 saturated carbocycles. The van der Waals surface area contributed by atoms with Crippen LogP contribution in [0.25, 0.3) is 0 Å². The molecule has 0 bridgehead atoms. The lowest BCUT2D eigenvalue weighted by Crippen LogP contribution is -2.41. The Morgan fingerprint density at radius 3 is 2.14 bits per heavy atom. The third kappa shape index (κ3) is 4.11. The molecule has 7 heteroatoms. The minimum absolute atomic E-state index is 0.430. The van der Waals surface area contributed by atoms with Crippen LogP contribution in [0.15, 0.2) is 42.5 Å². The highest BCUT2D eigenvalue weighted by molar-refractivity contribution is 6.62. The molecule has 3 rings (SSSR count). The molecule has 6 nitrogen and oxygen atoms in total. The molecule has 0 aliphatic carbocycles. The molecule has 2 aromatic carbocycles. The summed E-state index contributed by atoms with van der Waals surface area (Å²) in [4.78, 5) is 0. The van der Waals surface area contributed by atoms with E-state index in [9.17, 15) is 0 Å². The van der Waals surface area contributed by atoms with Crippen LogP contribution in [0, 0.1) is 0 Å².